The molecule has 1 aliphatic heterocycles. The monoisotopic (exact) mass is 413 g/mol. The average Bonchev–Trinajstić information content (AvgIpc) is 3.19. The van der Waals surface area contributed by atoms with Crippen LogP contribution in [0.15, 0.2) is 0 Å². The summed E-state index contributed by atoms with van der Waals surface area (Å²) < 4.78 is 0. The van der Waals surface area contributed by atoms with Gasteiger partial charge in [-0.25, -0.2) is 4.79 Å². The number of nitrogens with zero attached hydrogens (tertiary/aromatic N) is 1. The number of likely N-dealkylation sites (tertiary alicyclic amines) is 1. The highest BCUT2D eigenvalue weighted by molar-refractivity contribution is 5.94. The molecular formula is C19H35N5O5. The van der Waals surface area contributed by atoms with Gasteiger partial charge in [0.1, 0.15) is 18.1 Å². The quantitative estimate of drug-likeness (QED) is 0.260. The van der Waals surface area contributed by atoms with Crippen LogP contribution in [0.1, 0.15) is 52.4 Å². The molecule has 1 fully saturated rings. The third kappa shape index (κ3) is 7.28. The fourth-order valence-electron chi connectivity index (χ4n) is 3.44. The first-order chi connectivity index (χ1) is 13.8. The second-order valence-corrected chi connectivity index (χ2v) is 7.51. The summed E-state index contributed by atoms with van der Waals surface area (Å²) in [6.45, 7) is 4.23. The minimum atomic E-state index is -1.10. The second-order valence-electron chi connectivity index (χ2n) is 7.51. The van der Waals surface area contributed by atoms with Gasteiger partial charge >= 0.3 is 5.97 Å². The van der Waals surface area contributed by atoms with Crippen molar-refractivity contribution >= 4 is 23.7 Å². The van der Waals surface area contributed by atoms with E-state index in [0.717, 1.165) is 0 Å². The molecule has 0 aromatic heterocycles. The highest BCUT2D eigenvalue weighted by Crippen LogP contribution is 2.21. The Bertz CT molecular complexity index is 585. The van der Waals surface area contributed by atoms with E-state index in [9.17, 15) is 24.3 Å². The lowest BCUT2D eigenvalue weighted by atomic mass is 9.98. The summed E-state index contributed by atoms with van der Waals surface area (Å²) >= 11 is 0. The van der Waals surface area contributed by atoms with Crippen LogP contribution in [0.4, 0.5) is 0 Å². The topological polar surface area (TPSA) is 168 Å². The Morgan fingerprint density at radius 2 is 1.86 bits per heavy atom. The molecule has 10 nitrogen and oxygen atoms in total. The third-order valence-corrected chi connectivity index (χ3v) is 5.38. The van der Waals surface area contributed by atoms with Crippen LogP contribution in [-0.2, 0) is 19.2 Å². The molecule has 1 aliphatic rings. The maximum atomic E-state index is 13.1. The predicted octanol–water partition coefficient (Wildman–Crippen LogP) is -0.835. The van der Waals surface area contributed by atoms with Gasteiger partial charge in [-0.3, -0.25) is 14.4 Å². The number of rotatable bonds is 12. The zero-order valence-corrected chi connectivity index (χ0v) is 17.4. The van der Waals surface area contributed by atoms with Crippen LogP contribution in [0.5, 0.6) is 0 Å². The minimum Gasteiger partial charge on any atom is -0.480 e. The number of carboxylic acids is 1. The highest BCUT2D eigenvalue weighted by atomic mass is 16.4. The molecule has 0 saturated carbocycles. The fraction of sp³-hybridized carbons (Fsp3) is 0.789. The van der Waals surface area contributed by atoms with Crippen LogP contribution in [0.2, 0.25) is 0 Å². The molecule has 0 aromatic rings. The fourth-order valence-corrected chi connectivity index (χ4v) is 3.44. The largest absolute Gasteiger partial charge is 0.480 e. The Morgan fingerprint density at radius 1 is 1.17 bits per heavy atom. The van der Waals surface area contributed by atoms with Crippen LogP contribution in [0.3, 0.4) is 0 Å². The SMILES string of the molecule is CCC(C)C(NC(=O)C1CCCN1C(=O)C(CCCCN)NC(=O)CN)C(=O)O. The molecule has 0 aromatic carbocycles. The number of nitrogens with one attached hydrogen (secondary N) is 2. The van der Waals surface area contributed by atoms with E-state index >= 15 is 0 Å². The molecular weight excluding hydrogens is 378 g/mol. The second kappa shape index (κ2) is 12.4. The minimum absolute atomic E-state index is 0.236. The van der Waals surface area contributed by atoms with E-state index in [1.807, 2.05) is 6.92 Å². The van der Waals surface area contributed by atoms with E-state index in [1.165, 1.54) is 4.90 Å². The molecule has 0 spiro atoms. The van der Waals surface area contributed by atoms with E-state index in [0.29, 0.717) is 51.6 Å². The number of nitrogens with two attached hydrogens (primary N) is 2. The molecule has 166 valence electrons. The number of amides is 3. The van der Waals surface area contributed by atoms with Crippen molar-refractivity contribution in [3.05, 3.63) is 0 Å². The van der Waals surface area contributed by atoms with Gasteiger partial charge in [0.2, 0.25) is 17.7 Å². The molecule has 29 heavy (non-hydrogen) atoms. The Balaban J connectivity index is 2.89. The van der Waals surface area contributed by atoms with Gasteiger partial charge in [0.15, 0.2) is 0 Å². The third-order valence-electron chi connectivity index (χ3n) is 5.38. The van der Waals surface area contributed by atoms with Crippen LogP contribution in [0, 0.1) is 5.92 Å². The number of carbonyl (C=O) groups is 4. The molecule has 4 unspecified atom stereocenters. The number of aliphatic carboxylic acids is 1. The smallest absolute Gasteiger partial charge is 0.326 e. The van der Waals surface area contributed by atoms with Crippen LogP contribution < -0.4 is 22.1 Å². The van der Waals surface area contributed by atoms with Gasteiger partial charge in [-0.15, -0.1) is 0 Å². The summed E-state index contributed by atoms with van der Waals surface area (Å²) in [7, 11) is 0. The van der Waals surface area contributed by atoms with Gasteiger partial charge < -0.3 is 32.1 Å². The zero-order valence-electron chi connectivity index (χ0n) is 17.4. The molecule has 0 aliphatic carbocycles. The van der Waals surface area contributed by atoms with Crippen molar-refractivity contribution in [2.75, 3.05) is 19.6 Å². The molecule has 1 saturated heterocycles. The standard InChI is InChI=1S/C19H35N5O5/c1-3-12(2)16(19(28)29)23-17(26)14-8-6-10-24(14)18(27)13(7-4-5-9-20)22-15(25)11-21/h12-14,16H,3-11,20-21H2,1-2H3,(H,22,25)(H,23,26)(H,28,29). The number of carbonyl (C=O) groups excluding carboxylic acids is 3. The van der Waals surface area contributed by atoms with E-state index < -0.39 is 35.9 Å². The summed E-state index contributed by atoms with van der Waals surface area (Å²) in [4.78, 5) is 50.5. The Kier molecular flexibility index (Phi) is 10.6. The van der Waals surface area contributed by atoms with Gasteiger partial charge in [-0.05, 0) is 44.6 Å². The highest BCUT2D eigenvalue weighted by Gasteiger charge is 2.39. The maximum absolute atomic E-state index is 13.1. The number of hydrogen-bond acceptors (Lipinski definition) is 6. The van der Waals surface area contributed by atoms with Crippen molar-refractivity contribution < 1.29 is 24.3 Å². The molecule has 1 rings (SSSR count). The summed E-state index contributed by atoms with van der Waals surface area (Å²) in [6, 6.07) is -2.54. The first-order valence-corrected chi connectivity index (χ1v) is 10.3. The molecule has 3 amide bonds. The lowest BCUT2D eigenvalue weighted by molar-refractivity contribution is -0.146. The predicted molar refractivity (Wildman–Crippen MR) is 108 cm³/mol. The van der Waals surface area contributed by atoms with Crippen molar-refractivity contribution in [3.63, 3.8) is 0 Å². The zero-order chi connectivity index (χ0) is 22.0. The maximum Gasteiger partial charge on any atom is 0.326 e. The summed E-state index contributed by atoms with van der Waals surface area (Å²) in [6.07, 6.45) is 3.44. The van der Waals surface area contributed by atoms with Crippen LogP contribution in [-0.4, -0.2) is 71.5 Å². The van der Waals surface area contributed by atoms with Crippen LogP contribution >= 0.6 is 0 Å². The molecule has 4 atom stereocenters. The van der Waals surface area contributed by atoms with E-state index in [-0.39, 0.29) is 18.4 Å². The van der Waals surface area contributed by atoms with Crippen molar-refractivity contribution in [2.45, 2.75) is 70.5 Å². The van der Waals surface area contributed by atoms with Crippen LogP contribution in [0.25, 0.3) is 0 Å². The first-order valence-electron chi connectivity index (χ1n) is 10.3. The average molecular weight is 414 g/mol. The van der Waals surface area contributed by atoms with E-state index in [2.05, 4.69) is 10.6 Å². The Labute approximate surface area is 171 Å². The summed E-state index contributed by atoms with van der Waals surface area (Å²) in [5.41, 5.74) is 10.9. The van der Waals surface area contributed by atoms with Gasteiger partial charge in [-0.1, -0.05) is 20.3 Å². The summed E-state index contributed by atoms with van der Waals surface area (Å²) in [5.74, 6) is -2.61. The summed E-state index contributed by atoms with van der Waals surface area (Å²) in [5, 5.41) is 14.6. The molecule has 1 heterocycles. The molecule has 10 heteroatoms. The Morgan fingerprint density at radius 3 is 2.41 bits per heavy atom. The number of carboxylic acid groups (broad SMARTS) is 1. The van der Waals surface area contributed by atoms with Crippen molar-refractivity contribution in [2.24, 2.45) is 17.4 Å². The molecule has 0 radical (unpaired) electrons. The normalized spacial score (nSPS) is 19.3. The number of unbranched alkanes of at least 4 members (excludes halogenated alkanes) is 1. The number of hydrogen-bond donors (Lipinski definition) is 5. The van der Waals surface area contributed by atoms with Gasteiger partial charge in [0.25, 0.3) is 0 Å². The van der Waals surface area contributed by atoms with Gasteiger partial charge in [0, 0.05) is 6.54 Å². The molecule has 0 bridgehead atoms. The van der Waals surface area contributed by atoms with E-state index in [1.54, 1.807) is 6.92 Å². The van der Waals surface area contributed by atoms with Crippen molar-refractivity contribution in [3.8, 4) is 0 Å². The lowest BCUT2D eigenvalue weighted by Crippen LogP contribution is -2.56. The van der Waals surface area contributed by atoms with Crippen molar-refractivity contribution in [1.29, 1.82) is 0 Å². The Hall–Kier alpha value is -2.20. The molecule has 7 N–H and O–H groups in total. The van der Waals surface area contributed by atoms with Gasteiger partial charge in [-0.2, -0.15) is 0 Å². The van der Waals surface area contributed by atoms with Gasteiger partial charge in [0.05, 0.1) is 6.54 Å². The van der Waals surface area contributed by atoms with Crippen molar-refractivity contribution in [1.82, 2.24) is 15.5 Å². The van der Waals surface area contributed by atoms with E-state index in [4.69, 9.17) is 11.5 Å². The first kappa shape index (κ1) is 24.8. The lowest BCUT2D eigenvalue weighted by Gasteiger charge is -2.30.